The third-order valence-corrected chi connectivity index (χ3v) is 7.38. The largest absolute Gasteiger partial charge is 0.396 e. The maximum absolute atomic E-state index is 14.9. The van der Waals surface area contributed by atoms with Gasteiger partial charge in [0.05, 0.1) is 34.1 Å². The first kappa shape index (κ1) is 25.2. The van der Waals surface area contributed by atoms with Crippen molar-refractivity contribution in [2.45, 2.75) is 32.0 Å². The van der Waals surface area contributed by atoms with Crippen molar-refractivity contribution in [1.82, 2.24) is 4.98 Å². The molecule has 37 heavy (non-hydrogen) atoms. The SMILES string of the molecule is C=C1C=Cc2c(NC3c4ccc(Cl)c(F)c4CCC3(C)C(F)(F)F)cc(F)cc2N1c1ccc(F)nc1. The van der Waals surface area contributed by atoms with Crippen LogP contribution in [0.25, 0.3) is 6.08 Å². The highest BCUT2D eigenvalue weighted by atomic mass is 35.5. The highest BCUT2D eigenvalue weighted by Gasteiger charge is 2.58. The summed E-state index contributed by atoms with van der Waals surface area (Å²) >= 11 is 5.91. The van der Waals surface area contributed by atoms with Crippen LogP contribution in [0.4, 0.5) is 43.4 Å². The van der Waals surface area contributed by atoms with E-state index in [1.54, 1.807) is 12.2 Å². The van der Waals surface area contributed by atoms with Crippen LogP contribution < -0.4 is 10.2 Å². The summed E-state index contributed by atoms with van der Waals surface area (Å²) in [6.45, 7) is 5.01. The van der Waals surface area contributed by atoms with Crippen molar-refractivity contribution in [2.75, 3.05) is 10.2 Å². The maximum atomic E-state index is 14.9. The Morgan fingerprint density at radius 2 is 1.86 bits per heavy atom. The van der Waals surface area contributed by atoms with E-state index in [0.29, 0.717) is 16.9 Å². The van der Waals surface area contributed by atoms with Crippen LogP contribution in [0.3, 0.4) is 0 Å². The number of nitrogens with zero attached hydrogens (tertiary/aromatic N) is 2. The molecule has 1 aliphatic heterocycles. The summed E-state index contributed by atoms with van der Waals surface area (Å²) in [5.74, 6) is -2.20. The Morgan fingerprint density at radius 3 is 2.54 bits per heavy atom. The molecule has 0 radical (unpaired) electrons. The van der Waals surface area contributed by atoms with E-state index in [4.69, 9.17) is 11.6 Å². The number of nitrogens with one attached hydrogen (secondary N) is 1. The van der Waals surface area contributed by atoms with E-state index in [1.807, 2.05) is 0 Å². The van der Waals surface area contributed by atoms with Crippen LogP contribution in [-0.4, -0.2) is 11.2 Å². The molecule has 0 amide bonds. The molecule has 0 fully saturated rings. The molecule has 1 N–H and O–H groups in total. The standard InChI is InChI=1S/C27H20ClF6N3/c1-14-3-5-19-21(11-15(29)12-22(19)37(14)16-4-8-23(30)35-13-16)36-25-18-6-7-20(28)24(31)17(18)9-10-26(25,2)27(32,33)34/h3-8,11-13,25,36H,1,9-10H2,2H3. The number of allylic oxidation sites excluding steroid dienone is 1. The predicted octanol–water partition coefficient (Wildman–Crippen LogP) is 8.50. The average molecular weight is 536 g/mol. The highest BCUT2D eigenvalue weighted by molar-refractivity contribution is 6.30. The van der Waals surface area contributed by atoms with Gasteiger partial charge in [0.1, 0.15) is 11.6 Å². The summed E-state index contributed by atoms with van der Waals surface area (Å²) < 4.78 is 86.5. The molecule has 3 aromatic rings. The van der Waals surface area contributed by atoms with Crippen LogP contribution in [-0.2, 0) is 6.42 Å². The fourth-order valence-corrected chi connectivity index (χ4v) is 5.18. The lowest BCUT2D eigenvalue weighted by molar-refractivity contribution is -0.228. The van der Waals surface area contributed by atoms with Crippen molar-refractivity contribution < 1.29 is 26.3 Å². The van der Waals surface area contributed by atoms with E-state index < -0.39 is 41.6 Å². The van der Waals surface area contributed by atoms with Crippen LogP contribution in [0.2, 0.25) is 5.02 Å². The number of fused-ring (bicyclic) bond motifs is 2. The van der Waals surface area contributed by atoms with Gasteiger partial charge in [-0.05, 0) is 73.4 Å². The Labute approximate surface area is 214 Å². The molecule has 10 heteroatoms. The zero-order valence-electron chi connectivity index (χ0n) is 19.4. The van der Waals surface area contributed by atoms with Crippen LogP contribution in [0.5, 0.6) is 0 Å². The molecule has 2 aliphatic rings. The smallest absolute Gasteiger partial charge is 0.377 e. The number of hydrogen-bond acceptors (Lipinski definition) is 3. The van der Waals surface area contributed by atoms with Gasteiger partial charge >= 0.3 is 6.18 Å². The van der Waals surface area contributed by atoms with E-state index in [0.717, 1.165) is 19.1 Å². The number of benzene rings is 2. The molecule has 1 aliphatic carbocycles. The van der Waals surface area contributed by atoms with Gasteiger partial charge in [-0.15, -0.1) is 0 Å². The Bertz CT molecular complexity index is 1430. The number of aromatic nitrogens is 1. The minimum absolute atomic E-state index is 0.0718. The number of pyridine rings is 1. The van der Waals surface area contributed by atoms with Crippen molar-refractivity contribution in [2.24, 2.45) is 5.41 Å². The molecular formula is C27H20ClF6N3. The van der Waals surface area contributed by atoms with Gasteiger partial charge in [-0.25, -0.2) is 13.8 Å². The summed E-state index contributed by atoms with van der Waals surface area (Å²) in [5.41, 5.74) is -0.565. The summed E-state index contributed by atoms with van der Waals surface area (Å²) in [6.07, 6.45) is -0.748. The monoisotopic (exact) mass is 535 g/mol. The van der Waals surface area contributed by atoms with Crippen molar-refractivity contribution in [3.63, 3.8) is 0 Å². The van der Waals surface area contributed by atoms with Crippen LogP contribution in [0.15, 0.2) is 60.9 Å². The lowest BCUT2D eigenvalue weighted by Gasteiger charge is -2.45. The Morgan fingerprint density at radius 1 is 1.11 bits per heavy atom. The molecule has 2 atom stereocenters. The second-order valence-electron chi connectivity index (χ2n) is 9.31. The number of anilines is 3. The molecule has 0 bridgehead atoms. The van der Waals surface area contributed by atoms with Crippen molar-refractivity contribution in [3.8, 4) is 0 Å². The lowest BCUT2D eigenvalue weighted by Crippen LogP contribution is -2.46. The first-order valence-electron chi connectivity index (χ1n) is 11.3. The van der Waals surface area contributed by atoms with Gasteiger partial charge in [-0.1, -0.05) is 24.2 Å². The van der Waals surface area contributed by atoms with Gasteiger partial charge in [0.25, 0.3) is 0 Å². The second kappa shape index (κ2) is 8.83. The summed E-state index contributed by atoms with van der Waals surface area (Å²) in [4.78, 5) is 5.15. The molecule has 2 heterocycles. The average Bonchev–Trinajstić information content (AvgIpc) is 2.83. The van der Waals surface area contributed by atoms with E-state index in [2.05, 4.69) is 16.9 Å². The molecule has 0 spiro atoms. The first-order valence-corrected chi connectivity index (χ1v) is 11.7. The van der Waals surface area contributed by atoms with Gasteiger partial charge in [0.15, 0.2) is 0 Å². The van der Waals surface area contributed by atoms with Crippen molar-refractivity contribution in [1.29, 1.82) is 0 Å². The molecule has 1 aromatic heterocycles. The Balaban J connectivity index is 1.66. The molecule has 5 rings (SSSR count). The topological polar surface area (TPSA) is 28.2 Å². The molecule has 2 aromatic carbocycles. The van der Waals surface area contributed by atoms with E-state index in [9.17, 15) is 26.3 Å². The third kappa shape index (κ3) is 4.15. The van der Waals surface area contributed by atoms with E-state index in [-0.39, 0.29) is 33.9 Å². The van der Waals surface area contributed by atoms with Gasteiger partial charge in [-0.3, -0.25) is 0 Å². The molecule has 0 saturated heterocycles. The minimum Gasteiger partial charge on any atom is -0.377 e. The number of rotatable bonds is 3. The normalized spacial score (nSPS) is 21.0. The maximum Gasteiger partial charge on any atom is 0.396 e. The number of alkyl halides is 3. The first-order chi connectivity index (χ1) is 17.4. The zero-order valence-corrected chi connectivity index (χ0v) is 20.2. The highest BCUT2D eigenvalue weighted by Crippen LogP contribution is 2.56. The number of halogens is 7. The Hall–Kier alpha value is -3.46. The quantitative estimate of drug-likeness (QED) is 0.269. The molecule has 2 unspecified atom stereocenters. The number of hydrogen-bond donors (Lipinski definition) is 1. The van der Waals surface area contributed by atoms with Crippen LogP contribution >= 0.6 is 11.6 Å². The minimum atomic E-state index is -4.65. The summed E-state index contributed by atoms with van der Waals surface area (Å²) in [6, 6.07) is 6.02. The lowest BCUT2D eigenvalue weighted by atomic mass is 9.68. The van der Waals surface area contributed by atoms with Gasteiger partial charge in [-0.2, -0.15) is 17.6 Å². The zero-order chi connectivity index (χ0) is 26.7. The molecular weight excluding hydrogens is 516 g/mol. The summed E-state index contributed by atoms with van der Waals surface area (Å²) in [7, 11) is 0. The van der Waals surface area contributed by atoms with Gasteiger partial charge in [0, 0.05) is 16.9 Å². The van der Waals surface area contributed by atoms with Crippen LogP contribution in [0.1, 0.15) is 36.1 Å². The fraction of sp³-hybridized carbons (Fsp3) is 0.222. The second-order valence-corrected chi connectivity index (χ2v) is 9.71. The van der Waals surface area contributed by atoms with Crippen LogP contribution in [0, 0.1) is 23.0 Å². The van der Waals surface area contributed by atoms with E-state index in [1.165, 1.54) is 35.4 Å². The molecule has 192 valence electrons. The summed E-state index contributed by atoms with van der Waals surface area (Å²) in [5, 5.41) is 2.71. The fourth-order valence-electron chi connectivity index (χ4n) is 5.00. The molecule has 3 nitrogen and oxygen atoms in total. The van der Waals surface area contributed by atoms with Crippen molar-refractivity contribution in [3.05, 3.63) is 100 Å². The van der Waals surface area contributed by atoms with E-state index >= 15 is 0 Å². The Kier molecular flexibility index (Phi) is 6.02. The molecule has 0 saturated carbocycles. The van der Waals surface area contributed by atoms with Crippen molar-refractivity contribution >= 4 is 34.7 Å². The predicted molar refractivity (Wildman–Crippen MR) is 131 cm³/mol. The van der Waals surface area contributed by atoms with Gasteiger partial charge in [0.2, 0.25) is 5.95 Å². The third-order valence-electron chi connectivity index (χ3n) is 7.09. The van der Waals surface area contributed by atoms with Gasteiger partial charge < -0.3 is 10.2 Å².